The molecule has 0 fully saturated rings. The number of carbonyl (C=O) groups is 1. The lowest BCUT2D eigenvalue weighted by Crippen LogP contribution is -2.12. The van der Waals surface area contributed by atoms with Crippen molar-refractivity contribution in [2.24, 2.45) is 5.73 Å². The molecule has 4 nitrogen and oxygen atoms in total. The molecule has 0 unspecified atom stereocenters. The average Bonchev–Trinajstić information content (AvgIpc) is 2.70. The predicted octanol–water partition coefficient (Wildman–Crippen LogP) is 2.22. The number of fused-ring (bicyclic) bond motifs is 1. The van der Waals surface area contributed by atoms with Crippen molar-refractivity contribution in [2.45, 2.75) is 25.8 Å². The largest absolute Gasteiger partial charge is 0.370 e. The van der Waals surface area contributed by atoms with Gasteiger partial charge in [-0.3, -0.25) is 4.79 Å². The zero-order valence-electron chi connectivity index (χ0n) is 10.4. The fraction of sp³-hybridized carbons (Fsp3) is 0.385. The van der Waals surface area contributed by atoms with Crippen LogP contribution in [-0.4, -0.2) is 21.3 Å². The lowest BCUT2D eigenvalue weighted by atomic mass is 10.2. The summed E-state index contributed by atoms with van der Waals surface area (Å²) in [6.07, 6.45) is 1.47. The summed E-state index contributed by atoms with van der Waals surface area (Å²) in [5, 5.41) is 0. The molecular weight excluding hydrogens is 269 g/mol. The van der Waals surface area contributed by atoms with Gasteiger partial charge in [-0.25, -0.2) is 9.37 Å². The van der Waals surface area contributed by atoms with E-state index in [0.717, 1.165) is 11.3 Å². The van der Waals surface area contributed by atoms with Gasteiger partial charge in [0, 0.05) is 25.3 Å². The molecule has 0 atom stereocenters. The number of aromatic nitrogens is 2. The maximum Gasteiger partial charge on any atom is 0.217 e. The molecule has 0 saturated carbocycles. The van der Waals surface area contributed by atoms with Gasteiger partial charge in [0.25, 0.3) is 0 Å². The van der Waals surface area contributed by atoms with E-state index in [9.17, 15) is 9.18 Å². The molecule has 1 aromatic carbocycles. The number of para-hydroxylation sites is 1. The number of aryl methyl sites for hydroxylation is 2. The van der Waals surface area contributed by atoms with Crippen molar-refractivity contribution in [3.05, 3.63) is 29.8 Å². The average molecular weight is 284 g/mol. The Morgan fingerprint density at radius 1 is 1.47 bits per heavy atom. The Hall–Kier alpha value is -1.62. The zero-order valence-corrected chi connectivity index (χ0v) is 11.2. The first-order valence-electron chi connectivity index (χ1n) is 6.11. The van der Waals surface area contributed by atoms with Crippen LogP contribution in [0.5, 0.6) is 0 Å². The lowest BCUT2D eigenvalue weighted by Gasteiger charge is -2.07. The van der Waals surface area contributed by atoms with E-state index < -0.39 is 0 Å². The van der Waals surface area contributed by atoms with Gasteiger partial charge in [-0.15, -0.1) is 11.6 Å². The number of nitrogens with two attached hydrogens (primary N) is 1. The van der Waals surface area contributed by atoms with Crippen molar-refractivity contribution < 1.29 is 9.18 Å². The Labute approximate surface area is 115 Å². The van der Waals surface area contributed by atoms with Crippen molar-refractivity contribution in [3.63, 3.8) is 0 Å². The van der Waals surface area contributed by atoms with Crippen molar-refractivity contribution in [1.82, 2.24) is 9.55 Å². The van der Waals surface area contributed by atoms with Crippen molar-refractivity contribution in [3.8, 4) is 0 Å². The number of carbonyl (C=O) groups excluding carboxylic acids is 1. The minimum Gasteiger partial charge on any atom is -0.370 e. The highest BCUT2D eigenvalue weighted by atomic mass is 35.5. The molecule has 0 aliphatic carbocycles. The highest BCUT2D eigenvalue weighted by Gasteiger charge is 2.13. The first-order valence-corrected chi connectivity index (χ1v) is 6.65. The van der Waals surface area contributed by atoms with Crippen LogP contribution in [0.1, 0.15) is 18.7 Å². The third-order valence-electron chi connectivity index (χ3n) is 2.93. The number of amides is 1. The lowest BCUT2D eigenvalue weighted by molar-refractivity contribution is -0.118. The van der Waals surface area contributed by atoms with E-state index in [-0.39, 0.29) is 11.7 Å². The number of halogens is 2. The summed E-state index contributed by atoms with van der Waals surface area (Å²) >= 11 is 5.74. The highest BCUT2D eigenvalue weighted by molar-refractivity contribution is 6.17. The van der Waals surface area contributed by atoms with Gasteiger partial charge in [-0.05, 0) is 18.6 Å². The number of hydrogen-bond acceptors (Lipinski definition) is 2. The van der Waals surface area contributed by atoms with Gasteiger partial charge in [0.15, 0.2) is 5.82 Å². The van der Waals surface area contributed by atoms with Gasteiger partial charge in [-0.2, -0.15) is 0 Å². The Balaban J connectivity index is 2.35. The minimum atomic E-state index is -0.345. The van der Waals surface area contributed by atoms with E-state index in [1.165, 1.54) is 6.07 Å². The predicted molar refractivity (Wildman–Crippen MR) is 72.5 cm³/mol. The Bertz CT molecular complexity index is 597. The summed E-state index contributed by atoms with van der Waals surface area (Å²) in [7, 11) is 0. The fourth-order valence-electron chi connectivity index (χ4n) is 2.10. The molecule has 6 heteroatoms. The third kappa shape index (κ3) is 3.04. The Morgan fingerprint density at radius 2 is 2.26 bits per heavy atom. The van der Waals surface area contributed by atoms with Gasteiger partial charge in [0.2, 0.25) is 5.91 Å². The number of rotatable bonds is 6. The standard InChI is InChI=1S/C13H15ClFN3O/c14-7-6-12-17-13-9(15)3-1-4-10(13)18(12)8-2-5-11(16)19/h1,3-4H,2,5-8H2,(H2,16,19). The zero-order chi connectivity index (χ0) is 13.8. The van der Waals surface area contributed by atoms with Crippen LogP contribution in [0.25, 0.3) is 11.0 Å². The molecule has 2 rings (SSSR count). The number of nitrogens with zero attached hydrogens (tertiary/aromatic N) is 2. The summed E-state index contributed by atoms with van der Waals surface area (Å²) in [6.45, 7) is 0.578. The van der Waals surface area contributed by atoms with Crippen molar-refractivity contribution in [2.75, 3.05) is 5.88 Å². The van der Waals surface area contributed by atoms with Crippen molar-refractivity contribution >= 4 is 28.5 Å². The summed E-state index contributed by atoms with van der Waals surface area (Å²) in [5.74, 6) is 0.469. The van der Waals surface area contributed by atoms with Crippen molar-refractivity contribution in [1.29, 1.82) is 0 Å². The third-order valence-corrected chi connectivity index (χ3v) is 3.12. The molecule has 1 amide bonds. The molecule has 1 aromatic heterocycles. The first-order chi connectivity index (χ1) is 9.13. The number of benzene rings is 1. The van der Waals surface area contributed by atoms with Crippen LogP contribution in [0.3, 0.4) is 0 Å². The monoisotopic (exact) mass is 283 g/mol. The quantitative estimate of drug-likeness (QED) is 0.826. The highest BCUT2D eigenvalue weighted by Crippen LogP contribution is 2.20. The number of primary amides is 1. The molecule has 0 spiro atoms. The summed E-state index contributed by atoms with van der Waals surface area (Å²) in [5.41, 5.74) is 6.20. The Kier molecular flexibility index (Phi) is 4.37. The molecule has 19 heavy (non-hydrogen) atoms. The molecule has 0 saturated heterocycles. The molecule has 0 aliphatic rings. The molecule has 1 heterocycles. The topological polar surface area (TPSA) is 60.9 Å². The van der Waals surface area contributed by atoms with Crippen LogP contribution in [0.4, 0.5) is 4.39 Å². The normalized spacial score (nSPS) is 11.1. The van der Waals surface area contributed by atoms with Gasteiger partial charge in [0.1, 0.15) is 11.3 Å². The maximum absolute atomic E-state index is 13.7. The summed E-state index contributed by atoms with van der Waals surface area (Å²) < 4.78 is 15.6. The maximum atomic E-state index is 13.7. The molecule has 102 valence electrons. The molecule has 0 bridgehead atoms. The van der Waals surface area contributed by atoms with E-state index in [0.29, 0.717) is 37.2 Å². The van der Waals surface area contributed by atoms with Crippen LogP contribution in [-0.2, 0) is 17.8 Å². The van der Waals surface area contributed by atoms with E-state index in [1.807, 2.05) is 10.6 Å². The van der Waals surface area contributed by atoms with Gasteiger partial charge < -0.3 is 10.3 Å². The first kappa shape index (κ1) is 13.8. The second kappa shape index (κ2) is 6.02. The van der Waals surface area contributed by atoms with E-state index in [1.54, 1.807) is 6.07 Å². The smallest absolute Gasteiger partial charge is 0.217 e. The fourth-order valence-corrected chi connectivity index (χ4v) is 2.27. The summed E-state index contributed by atoms with van der Waals surface area (Å²) in [6, 6.07) is 4.84. The van der Waals surface area contributed by atoms with Gasteiger partial charge >= 0.3 is 0 Å². The van der Waals surface area contributed by atoms with Gasteiger partial charge in [-0.1, -0.05) is 6.07 Å². The SMILES string of the molecule is NC(=O)CCCn1c(CCCl)nc2c(F)cccc21. The van der Waals surface area contributed by atoms with E-state index >= 15 is 0 Å². The van der Waals surface area contributed by atoms with Crippen LogP contribution >= 0.6 is 11.6 Å². The summed E-state index contributed by atoms with van der Waals surface area (Å²) in [4.78, 5) is 15.1. The molecule has 0 aliphatic heterocycles. The second-order valence-corrected chi connectivity index (χ2v) is 4.67. The van der Waals surface area contributed by atoms with Gasteiger partial charge in [0.05, 0.1) is 5.52 Å². The Morgan fingerprint density at radius 3 is 2.95 bits per heavy atom. The molecule has 2 N–H and O–H groups in total. The second-order valence-electron chi connectivity index (χ2n) is 4.30. The van der Waals surface area contributed by atoms with E-state index in [2.05, 4.69) is 4.98 Å². The number of alkyl halides is 1. The number of imidazole rings is 1. The minimum absolute atomic E-state index is 0.301. The molecule has 2 aromatic rings. The van der Waals surface area contributed by atoms with Crippen LogP contribution in [0, 0.1) is 5.82 Å². The van der Waals surface area contributed by atoms with Crippen LogP contribution in [0.15, 0.2) is 18.2 Å². The van der Waals surface area contributed by atoms with Crippen LogP contribution < -0.4 is 5.73 Å². The molecular formula is C13H15ClFN3O. The molecule has 0 radical (unpaired) electrons. The van der Waals surface area contributed by atoms with Crippen LogP contribution in [0.2, 0.25) is 0 Å². The van der Waals surface area contributed by atoms with E-state index in [4.69, 9.17) is 17.3 Å². The number of hydrogen-bond donors (Lipinski definition) is 1.